The zero-order valence-electron chi connectivity index (χ0n) is 11.8. The van der Waals surface area contributed by atoms with E-state index in [1.54, 1.807) is 0 Å². The van der Waals surface area contributed by atoms with Crippen LogP contribution in [0.3, 0.4) is 0 Å². The standard InChI is InChI=1S/C16H20BrNO2/c1-2-20-15(19)7-12-8-16(9-12)10-18(11-16)14-5-3-13(17)4-6-14/h3-6,12H,2,7-11H2,1H3. The van der Waals surface area contributed by atoms with Crippen LogP contribution in [0.2, 0.25) is 0 Å². The van der Waals surface area contributed by atoms with Gasteiger partial charge < -0.3 is 9.64 Å². The van der Waals surface area contributed by atoms with E-state index in [-0.39, 0.29) is 5.97 Å². The molecule has 2 aliphatic rings. The molecule has 3 rings (SSSR count). The number of rotatable bonds is 4. The van der Waals surface area contributed by atoms with Crippen molar-refractivity contribution in [2.24, 2.45) is 11.3 Å². The summed E-state index contributed by atoms with van der Waals surface area (Å²) in [6.07, 6.45) is 2.96. The Morgan fingerprint density at radius 1 is 1.35 bits per heavy atom. The van der Waals surface area contributed by atoms with Crippen LogP contribution in [0.4, 0.5) is 5.69 Å². The van der Waals surface area contributed by atoms with Crippen LogP contribution in [0.25, 0.3) is 0 Å². The molecular formula is C16H20BrNO2. The predicted octanol–water partition coefficient (Wildman–Crippen LogP) is 3.62. The summed E-state index contributed by atoms with van der Waals surface area (Å²) in [4.78, 5) is 13.9. The first-order valence-electron chi connectivity index (χ1n) is 7.26. The van der Waals surface area contributed by atoms with Gasteiger partial charge in [0.2, 0.25) is 0 Å². The third-order valence-electron chi connectivity index (χ3n) is 4.45. The molecule has 1 aromatic carbocycles. The lowest BCUT2D eigenvalue weighted by molar-refractivity contribution is -0.146. The van der Waals surface area contributed by atoms with E-state index in [0.717, 1.165) is 17.6 Å². The second-order valence-corrected chi connectivity index (χ2v) is 7.03. The number of carbonyl (C=O) groups is 1. The van der Waals surface area contributed by atoms with Gasteiger partial charge in [-0.05, 0) is 49.9 Å². The molecule has 0 radical (unpaired) electrons. The van der Waals surface area contributed by atoms with Crippen LogP contribution < -0.4 is 4.90 Å². The Morgan fingerprint density at radius 2 is 2.00 bits per heavy atom. The number of benzene rings is 1. The van der Waals surface area contributed by atoms with Crippen LogP contribution in [0.5, 0.6) is 0 Å². The van der Waals surface area contributed by atoms with Gasteiger partial charge in [-0.25, -0.2) is 0 Å². The Balaban J connectivity index is 1.45. The third kappa shape index (κ3) is 2.71. The summed E-state index contributed by atoms with van der Waals surface area (Å²) in [5.41, 5.74) is 1.78. The second-order valence-electron chi connectivity index (χ2n) is 6.12. The highest BCUT2D eigenvalue weighted by Crippen LogP contribution is 2.54. The third-order valence-corrected chi connectivity index (χ3v) is 4.98. The van der Waals surface area contributed by atoms with Gasteiger partial charge >= 0.3 is 5.97 Å². The largest absolute Gasteiger partial charge is 0.466 e. The summed E-state index contributed by atoms with van der Waals surface area (Å²) in [6.45, 7) is 4.62. The van der Waals surface area contributed by atoms with Crippen molar-refractivity contribution in [1.82, 2.24) is 0 Å². The van der Waals surface area contributed by atoms with Crippen molar-refractivity contribution >= 4 is 27.6 Å². The average Bonchev–Trinajstić information content (AvgIpc) is 2.32. The van der Waals surface area contributed by atoms with E-state index in [1.807, 2.05) is 6.92 Å². The first-order valence-corrected chi connectivity index (χ1v) is 8.06. The quantitative estimate of drug-likeness (QED) is 0.786. The molecule has 1 aromatic rings. The molecule has 0 aromatic heterocycles. The van der Waals surface area contributed by atoms with Crippen LogP contribution in [-0.2, 0) is 9.53 Å². The highest BCUT2D eigenvalue weighted by molar-refractivity contribution is 9.10. The molecule has 2 fully saturated rings. The van der Waals surface area contributed by atoms with Gasteiger partial charge in [-0.2, -0.15) is 0 Å². The van der Waals surface area contributed by atoms with E-state index in [4.69, 9.17) is 4.74 Å². The topological polar surface area (TPSA) is 29.5 Å². The molecule has 0 N–H and O–H groups in total. The van der Waals surface area contributed by atoms with E-state index in [1.165, 1.54) is 18.5 Å². The van der Waals surface area contributed by atoms with E-state index in [9.17, 15) is 4.79 Å². The van der Waals surface area contributed by atoms with E-state index in [2.05, 4.69) is 45.1 Å². The number of ether oxygens (including phenoxy) is 1. The summed E-state index contributed by atoms with van der Waals surface area (Å²) in [7, 11) is 0. The number of anilines is 1. The molecule has 1 aliphatic heterocycles. The minimum absolute atomic E-state index is 0.0311. The molecular weight excluding hydrogens is 318 g/mol. The molecule has 3 nitrogen and oxygen atoms in total. The Labute approximate surface area is 128 Å². The summed E-state index contributed by atoms with van der Waals surface area (Å²) in [6, 6.07) is 8.49. The molecule has 4 heteroatoms. The van der Waals surface area contributed by atoms with Gasteiger partial charge in [0, 0.05) is 35.1 Å². The highest BCUT2D eigenvalue weighted by Gasteiger charge is 2.52. The maximum absolute atomic E-state index is 11.4. The number of nitrogens with zero attached hydrogens (tertiary/aromatic N) is 1. The molecule has 1 spiro atoms. The molecule has 108 valence electrons. The van der Waals surface area contributed by atoms with Crippen LogP contribution in [-0.4, -0.2) is 25.7 Å². The van der Waals surface area contributed by atoms with Crippen molar-refractivity contribution in [2.45, 2.75) is 26.2 Å². The van der Waals surface area contributed by atoms with Crippen LogP contribution in [0.15, 0.2) is 28.7 Å². The SMILES string of the molecule is CCOC(=O)CC1CC2(C1)CN(c1ccc(Br)cc1)C2. The van der Waals surface area contributed by atoms with E-state index in [0.29, 0.717) is 24.4 Å². The summed E-state index contributed by atoms with van der Waals surface area (Å²) in [5, 5.41) is 0. The number of carbonyl (C=O) groups excluding carboxylic acids is 1. The van der Waals surface area contributed by atoms with E-state index >= 15 is 0 Å². The van der Waals surface area contributed by atoms with Crippen molar-refractivity contribution in [1.29, 1.82) is 0 Å². The van der Waals surface area contributed by atoms with Crippen LogP contribution in [0, 0.1) is 11.3 Å². The number of halogens is 1. The monoisotopic (exact) mass is 337 g/mol. The summed E-state index contributed by atoms with van der Waals surface area (Å²) >= 11 is 3.46. The molecule has 0 bridgehead atoms. The fourth-order valence-corrected chi connectivity index (χ4v) is 3.89. The van der Waals surface area contributed by atoms with Gasteiger partial charge in [0.25, 0.3) is 0 Å². The van der Waals surface area contributed by atoms with Crippen molar-refractivity contribution < 1.29 is 9.53 Å². The van der Waals surface area contributed by atoms with Crippen molar-refractivity contribution in [2.75, 3.05) is 24.6 Å². The molecule has 1 heterocycles. The Kier molecular flexibility index (Phi) is 3.76. The zero-order valence-corrected chi connectivity index (χ0v) is 13.4. The molecule has 20 heavy (non-hydrogen) atoms. The Morgan fingerprint density at radius 3 is 2.60 bits per heavy atom. The predicted molar refractivity (Wildman–Crippen MR) is 82.8 cm³/mol. The van der Waals surface area contributed by atoms with Gasteiger partial charge in [-0.3, -0.25) is 4.79 Å². The summed E-state index contributed by atoms with van der Waals surface area (Å²) < 4.78 is 6.14. The van der Waals surface area contributed by atoms with E-state index < -0.39 is 0 Å². The maximum atomic E-state index is 11.4. The minimum atomic E-state index is -0.0311. The Bertz CT molecular complexity index is 486. The average molecular weight is 338 g/mol. The fraction of sp³-hybridized carbons (Fsp3) is 0.562. The molecule has 1 saturated heterocycles. The second kappa shape index (κ2) is 5.40. The smallest absolute Gasteiger partial charge is 0.306 e. The van der Waals surface area contributed by atoms with Gasteiger partial charge in [0.1, 0.15) is 0 Å². The lowest BCUT2D eigenvalue weighted by atomic mass is 9.57. The molecule has 1 saturated carbocycles. The fourth-order valence-electron chi connectivity index (χ4n) is 3.62. The lowest BCUT2D eigenvalue weighted by Gasteiger charge is -2.60. The van der Waals surface area contributed by atoms with Gasteiger partial charge in [0.05, 0.1) is 6.61 Å². The minimum Gasteiger partial charge on any atom is -0.466 e. The number of hydrogen-bond donors (Lipinski definition) is 0. The van der Waals surface area contributed by atoms with Crippen molar-refractivity contribution in [3.05, 3.63) is 28.7 Å². The number of esters is 1. The highest BCUT2D eigenvalue weighted by atomic mass is 79.9. The van der Waals surface area contributed by atoms with Crippen molar-refractivity contribution in [3.63, 3.8) is 0 Å². The first-order chi connectivity index (χ1) is 9.60. The van der Waals surface area contributed by atoms with Crippen LogP contribution in [0.1, 0.15) is 26.2 Å². The maximum Gasteiger partial charge on any atom is 0.306 e. The summed E-state index contributed by atoms with van der Waals surface area (Å²) in [5.74, 6) is 0.512. The Hall–Kier alpha value is -1.03. The molecule has 0 atom stereocenters. The molecule has 0 amide bonds. The zero-order chi connectivity index (χ0) is 14.2. The number of hydrogen-bond acceptors (Lipinski definition) is 3. The lowest BCUT2D eigenvalue weighted by Crippen LogP contribution is -2.62. The normalized spacial score (nSPS) is 20.4. The van der Waals surface area contributed by atoms with Gasteiger partial charge in [-0.15, -0.1) is 0 Å². The van der Waals surface area contributed by atoms with Crippen molar-refractivity contribution in [3.8, 4) is 0 Å². The van der Waals surface area contributed by atoms with Gasteiger partial charge in [0.15, 0.2) is 0 Å². The van der Waals surface area contributed by atoms with Crippen LogP contribution >= 0.6 is 15.9 Å². The van der Waals surface area contributed by atoms with Gasteiger partial charge in [-0.1, -0.05) is 15.9 Å². The molecule has 1 aliphatic carbocycles. The first kappa shape index (κ1) is 13.9. The molecule has 0 unspecified atom stereocenters.